The topological polar surface area (TPSA) is 62.7 Å². The molecule has 1 aromatic carbocycles. The summed E-state index contributed by atoms with van der Waals surface area (Å²) in [6.07, 6.45) is 1.23. The summed E-state index contributed by atoms with van der Waals surface area (Å²) in [5.74, 6) is 0.491. The van der Waals surface area contributed by atoms with E-state index in [-0.39, 0.29) is 5.97 Å². The van der Waals surface area contributed by atoms with Crippen LogP contribution in [0, 0.1) is 13.8 Å². The van der Waals surface area contributed by atoms with Gasteiger partial charge in [-0.15, -0.1) is 0 Å². The number of benzene rings is 1. The molecule has 0 radical (unpaired) electrons. The van der Waals surface area contributed by atoms with Crippen molar-refractivity contribution >= 4 is 11.9 Å². The number of nitrogens with one attached hydrogen (secondary N) is 2. The van der Waals surface area contributed by atoms with Crippen molar-refractivity contribution in [3.8, 4) is 0 Å². The molecule has 0 amide bonds. The normalized spacial score (nSPS) is 11.2. The highest BCUT2D eigenvalue weighted by atomic mass is 16.5. The lowest BCUT2D eigenvalue weighted by Crippen LogP contribution is -2.38. The van der Waals surface area contributed by atoms with Crippen molar-refractivity contribution in [3.05, 3.63) is 34.9 Å². The highest BCUT2D eigenvalue weighted by molar-refractivity contribution is 5.80. The van der Waals surface area contributed by atoms with Gasteiger partial charge in [0, 0.05) is 13.1 Å². The standard InChI is InChI=1S/C17H27N3O2/c1-5-18-17(20-9-7-16(21)22-4)19-8-6-15-11-13(2)10-14(3)12-15/h10-12H,5-9H2,1-4H3,(H2,18,19,20). The van der Waals surface area contributed by atoms with Gasteiger partial charge in [0.15, 0.2) is 5.96 Å². The first kappa shape index (κ1) is 18.0. The molecule has 22 heavy (non-hydrogen) atoms. The Hall–Kier alpha value is -2.04. The zero-order valence-electron chi connectivity index (χ0n) is 14.0. The molecule has 0 aliphatic heterocycles. The molecule has 1 rings (SSSR count). The number of aryl methyl sites for hydroxylation is 2. The summed E-state index contributed by atoms with van der Waals surface area (Å²) in [6, 6.07) is 6.58. The van der Waals surface area contributed by atoms with Gasteiger partial charge < -0.3 is 15.4 Å². The van der Waals surface area contributed by atoms with Crippen LogP contribution in [0.25, 0.3) is 0 Å². The second-order valence-electron chi connectivity index (χ2n) is 5.26. The van der Waals surface area contributed by atoms with Crippen LogP contribution in [-0.4, -0.2) is 38.7 Å². The summed E-state index contributed by atoms with van der Waals surface area (Å²) in [5, 5.41) is 6.46. The average molecular weight is 305 g/mol. The van der Waals surface area contributed by atoms with E-state index >= 15 is 0 Å². The fraction of sp³-hybridized carbons (Fsp3) is 0.529. The molecule has 0 aliphatic carbocycles. The number of methoxy groups -OCH3 is 1. The van der Waals surface area contributed by atoms with Crippen molar-refractivity contribution in [1.82, 2.24) is 10.6 Å². The first-order chi connectivity index (χ1) is 10.5. The van der Waals surface area contributed by atoms with Crippen LogP contribution in [0.3, 0.4) is 0 Å². The van der Waals surface area contributed by atoms with Gasteiger partial charge in [0.25, 0.3) is 0 Å². The van der Waals surface area contributed by atoms with Crippen molar-refractivity contribution in [2.75, 3.05) is 26.7 Å². The number of esters is 1. The number of carbonyl (C=O) groups is 1. The minimum atomic E-state index is -0.241. The predicted octanol–water partition coefficient (Wildman–Crippen LogP) is 1.96. The quantitative estimate of drug-likeness (QED) is 0.459. The number of carbonyl (C=O) groups excluding carboxylic acids is 1. The number of guanidine groups is 1. The highest BCUT2D eigenvalue weighted by Gasteiger charge is 2.01. The van der Waals surface area contributed by atoms with E-state index in [1.165, 1.54) is 23.8 Å². The number of rotatable bonds is 7. The lowest BCUT2D eigenvalue weighted by molar-refractivity contribution is -0.140. The van der Waals surface area contributed by atoms with Crippen LogP contribution in [0.5, 0.6) is 0 Å². The first-order valence-electron chi connectivity index (χ1n) is 7.71. The van der Waals surface area contributed by atoms with E-state index in [1.807, 2.05) is 6.92 Å². The van der Waals surface area contributed by atoms with E-state index < -0.39 is 0 Å². The first-order valence-corrected chi connectivity index (χ1v) is 7.71. The van der Waals surface area contributed by atoms with Gasteiger partial charge in [-0.1, -0.05) is 29.3 Å². The van der Waals surface area contributed by atoms with Gasteiger partial charge in [-0.05, 0) is 32.8 Å². The molecule has 5 heteroatoms. The van der Waals surface area contributed by atoms with Crippen LogP contribution in [0.2, 0.25) is 0 Å². The summed E-state index contributed by atoms with van der Waals surface area (Å²) in [7, 11) is 1.39. The van der Waals surface area contributed by atoms with Crippen LogP contribution in [-0.2, 0) is 16.0 Å². The number of aliphatic imine (C=N–C) groups is 1. The van der Waals surface area contributed by atoms with E-state index in [9.17, 15) is 4.79 Å². The van der Waals surface area contributed by atoms with E-state index in [4.69, 9.17) is 0 Å². The Labute approximate surface area is 133 Å². The van der Waals surface area contributed by atoms with Crippen molar-refractivity contribution in [2.45, 2.75) is 33.6 Å². The number of hydrogen-bond acceptors (Lipinski definition) is 3. The zero-order chi connectivity index (χ0) is 16.4. The Morgan fingerprint density at radius 3 is 2.45 bits per heavy atom. The minimum absolute atomic E-state index is 0.241. The second kappa shape index (κ2) is 9.82. The van der Waals surface area contributed by atoms with Crippen molar-refractivity contribution in [2.24, 2.45) is 4.99 Å². The van der Waals surface area contributed by atoms with Gasteiger partial charge in [-0.2, -0.15) is 0 Å². The Bertz CT molecular complexity index is 492. The fourth-order valence-electron chi connectivity index (χ4n) is 2.24. The maximum atomic E-state index is 11.1. The van der Waals surface area contributed by atoms with Gasteiger partial charge in [0.1, 0.15) is 0 Å². The van der Waals surface area contributed by atoms with Crippen LogP contribution in [0.1, 0.15) is 30.0 Å². The third-order valence-electron chi connectivity index (χ3n) is 3.15. The third-order valence-corrected chi connectivity index (χ3v) is 3.15. The molecule has 0 aromatic heterocycles. The molecule has 0 fully saturated rings. The number of hydrogen-bond donors (Lipinski definition) is 2. The molecule has 0 unspecified atom stereocenters. The molecule has 5 nitrogen and oxygen atoms in total. The Kier molecular flexibility index (Phi) is 8.04. The second-order valence-corrected chi connectivity index (χ2v) is 5.26. The van der Waals surface area contributed by atoms with Crippen LogP contribution < -0.4 is 10.6 Å². The van der Waals surface area contributed by atoms with Crippen LogP contribution in [0.15, 0.2) is 23.2 Å². The molecule has 2 N–H and O–H groups in total. The largest absolute Gasteiger partial charge is 0.469 e. The summed E-state index contributed by atoms with van der Waals surface area (Å²) in [6.45, 7) is 8.25. The maximum Gasteiger partial charge on any atom is 0.307 e. The van der Waals surface area contributed by atoms with Gasteiger partial charge in [0.05, 0.1) is 20.1 Å². The van der Waals surface area contributed by atoms with Gasteiger partial charge in [-0.3, -0.25) is 9.79 Å². The van der Waals surface area contributed by atoms with E-state index in [2.05, 4.69) is 52.4 Å². The van der Waals surface area contributed by atoms with Crippen molar-refractivity contribution in [1.29, 1.82) is 0 Å². The monoisotopic (exact) mass is 305 g/mol. The molecule has 0 aliphatic rings. The smallest absolute Gasteiger partial charge is 0.307 e. The predicted molar refractivity (Wildman–Crippen MR) is 90.2 cm³/mol. The van der Waals surface area contributed by atoms with Gasteiger partial charge in [0.2, 0.25) is 0 Å². The molecule has 0 bridgehead atoms. The van der Waals surface area contributed by atoms with E-state index in [1.54, 1.807) is 0 Å². The fourth-order valence-corrected chi connectivity index (χ4v) is 2.24. The van der Waals surface area contributed by atoms with Crippen molar-refractivity contribution < 1.29 is 9.53 Å². The summed E-state index contributed by atoms with van der Waals surface area (Å²) in [5.41, 5.74) is 3.89. The molecule has 0 saturated carbocycles. The molecule has 1 aromatic rings. The van der Waals surface area contributed by atoms with E-state index in [0.717, 1.165) is 25.5 Å². The molecule has 0 saturated heterocycles. The van der Waals surface area contributed by atoms with E-state index in [0.29, 0.717) is 13.0 Å². The van der Waals surface area contributed by atoms with Gasteiger partial charge in [-0.25, -0.2) is 0 Å². The summed E-state index contributed by atoms with van der Waals surface area (Å²) in [4.78, 5) is 15.4. The summed E-state index contributed by atoms with van der Waals surface area (Å²) < 4.78 is 4.60. The zero-order valence-corrected chi connectivity index (χ0v) is 14.0. The average Bonchev–Trinajstić information content (AvgIpc) is 2.46. The molecular weight excluding hydrogens is 278 g/mol. The molecule has 122 valence electrons. The minimum Gasteiger partial charge on any atom is -0.469 e. The highest BCUT2D eigenvalue weighted by Crippen LogP contribution is 2.08. The molecule has 0 heterocycles. The Morgan fingerprint density at radius 2 is 1.86 bits per heavy atom. The lowest BCUT2D eigenvalue weighted by atomic mass is 10.1. The molecule has 0 spiro atoms. The lowest BCUT2D eigenvalue weighted by Gasteiger charge is -2.11. The SMILES string of the molecule is CCNC(=NCCC(=O)OC)NCCc1cc(C)cc(C)c1. The molecular formula is C17H27N3O2. The van der Waals surface area contributed by atoms with Crippen molar-refractivity contribution in [3.63, 3.8) is 0 Å². The number of ether oxygens (including phenoxy) is 1. The van der Waals surface area contributed by atoms with Gasteiger partial charge >= 0.3 is 5.97 Å². The maximum absolute atomic E-state index is 11.1. The van der Waals surface area contributed by atoms with Crippen LogP contribution >= 0.6 is 0 Å². The Morgan fingerprint density at radius 1 is 1.18 bits per heavy atom. The number of nitrogens with zero attached hydrogens (tertiary/aromatic N) is 1. The third kappa shape index (κ3) is 7.11. The molecule has 0 atom stereocenters. The van der Waals surface area contributed by atoms with Crippen LogP contribution in [0.4, 0.5) is 0 Å². The Balaban J connectivity index is 2.46. The summed E-state index contributed by atoms with van der Waals surface area (Å²) >= 11 is 0.